The van der Waals surface area contributed by atoms with Crippen LogP contribution in [0.5, 0.6) is 0 Å². The fraction of sp³-hybridized carbons (Fsp3) is 0.543. The van der Waals surface area contributed by atoms with E-state index in [9.17, 15) is 24.1 Å². The lowest BCUT2D eigenvalue weighted by atomic mass is 10.1. The molecule has 0 spiro atoms. The molecule has 0 amide bonds. The Morgan fingerprint density at radius 2 is 1.22 bits per heavy atom. The van der Waals surface area contributed by atoms with Crippen molar-refractivity contribution in [1.29, 1.82) is 0 Å². The minimum Gasteiger partial charge on any atom is -0.480 e. The Kier molecular flexibility index (Phi) is 18.4. The molecule has 15 heteroatoms. The maximum Gasteiger partial charge on any atom is 0.510 e. The van der Waals surface area contributed by atoms with E-state index in [0.29, 0.717) is 32.1 Å². The topological polar surface area (TPSA) is 186 Å². The van der Waals surface area contributed by atoms with Crippen LogP contribution >= 0.6 is 7.75 Å². The van der Waals surface area contributed by atoms with Crippen molar-refractivity contribution in [2.45, 2.75) is 91.8 Å². The fourth-order valence-corrected chi connectivity index (χ4v) is 6.05. The quantitative estimate of drug-likeness (QED) is 0.0331. The Labute approximate surface area is 294 Å². The highest BCUT2D eigenvalue weighted by Gasteiger charge is 2.39. The molecule has 14 nitrogen and oxygen atoms in total. The number of aryl methyl sites for hydroxylation is 2. The predicted octanol–water partition coefficient (Wildman–Crippen LogP) is 7.16. The molecule has 278 valence electrons. The predicted molar refractivity (Wildman–Crippen MR) is 187 cm³/mol. The minimum absolute atomic E-state index is 0.0489. The van der Waals surface area contributed by atoms with Gasteiger partial charge in [0.2, 0.25) is 18.5 Å². The molecule has 50 heavy (non-hydrogen) atoms. The summed E-state index contributed by atoms with van der Waals surface area (Å²) in [6.45, 7) is 8.40. The zero-order chi connectivity index (χ0) is 37.1. The van der Waals surface area contributed by atoms with Crippen LogP contribution in [0.3, 0.4) is 0 Å². The molecule has 0 fully saturated rings. The lowest BCUT2D eigenvalue weighted by molar-refractivity contribution is -0.141. The number of carboxylic acids is 1. The molecular weight excluding hydrogens is 669 g/mol. The van der Waals surface area contributed by atoms with Crippen molar-refractivity contribution >= 4 is 32.0 Å². The van der Waals surface area contributed by atoms with Crippen molar-refractivity contribution in [3.63, 3.8) is 0 Å². The van der Waals surface area contributed by atoms with Gasteiger partial charge in [-0.25, -0.2) is 28.0 Å². The van der Waals surface area contributed by atoms with Crippen LogP contribution in [0.2, 0.25) is 0 Å². The van der Waals surface area contributed by atoms with Crippen molar-refractivity contribution in [2.75, 3.05) is 20.3 Å². The van der Waals surface area contributed by atoms with Gasteiger partial charge in [0.1, 0.15) is 6.04 Å². The molecule has 3 N–H and O–H groups in total. The monoisotopic (exact) mass is 721 g/mol. The van der Waals surface area contributed by atoms with Gasteiger partial charge < -0.3 is 34.7 Å². The first-order valence-electron chi connectivity index (χ1n) is 16.8. The van der Waals surface area contributed by atoms with E-state index in [0.717, 1.165) is 16.0 Å². The summed E-state index contributed by atoms with van der Waals surface area (Å²) in [5.41, 5.74) is 8.31. The first-order chi connectivity index (χ1) is 23.7. The summed E-state index contributed by atoms with van der Waals surface area (Å²) in [6.07, 6.45) is -2.10. The van der Waals surface area contributed by atoms with E-state index in [-0.39, 0.29) is 19.6 Å². The van der Waals surface area contributed by atoms with Crippen molar-refractivity contribution in [3.05, 3.63) is 71.8 Å². The van der Waals surface area contributed by atoms with Crippen LogP contribution in [0.15, 0.2) is 65.4 Å². The largest absolute Gasteiger partial charge is 0.510 e. The van der Waals surface area contributed by atoms with Gasteiger partial charge in [0.05, 0.1) is 13.2 Å². The number of carboxylic acid groups (broad SMARTS) is 1. The van der Waals surface area contributed by atoms with Crippen LogP contribution in [-0.4, -0.2) is 73.1 Å². The Bertz CT molecular complexity index is 1310. The summed E-state index contributed by atoms with van der Waals surface area (Å²) in [4.78, 5) is 38.3. The smallest absolute Gasteiger partial charge is 0.480 e. The summed E-state index contributed by atoms with van der Waals surface area (Å²) < 4.78 is 50.9. The summed E-state index contributed by atoms with van der Waals surface area (Å²) in [5, 5.41) is 9.74. The van der Waals surface area contributed by atoms with Gasteiger partial charge in [0.15, 0.2) is 0 Å². The van der Waals surface area contributed by atoms with E-state index in [1.165, 1.54) is 7.05 Å². The number of carbonyl (C=O) groups excluding carboxylic acids is 2. The van der Waals surface area contributed by atoms with Gasteiger partial charge in [-0.2, -0.15) is 0 Å². The number of nitrogens with zero attached hydrogens (tertiary/aromatic N) is 2. The molecular formula is C35H52N3O11P. The van der Waals surface area contributed by atoms with E-state index in [1.807, 2.05) is 60.7 Å². The second-order valence-electron chi connectivity index (χ2n) is 12.2. The number of ether oxygens (including phenoxy) is 4. The Morgan fingerprint density at radius 1 is 0.800 bits per heavy atom. The number of hydrogen-bond acceptors (Lipinski definition) is 10. The summed E-state index contributed by atoms with van der Waals surface area (Å²) in [6, 6.07) is 18.2. The Hall–Kier alpha value is -4.13. The number of carbonyl (C=O) groups is 3. The number of aliphatic carboxylic acids is 1. The van der Waals surface area contributed by atoms with Gasteiger partial charge in [0, 0.05) is 18.9 Å². The van der Waals surface area contributed by atoms with Gasteiger partial charge >= 0.3 is 26.0 Å². The number of likely N-dealkylation sites (N-methyl/N-ethyl adjacent to an activating group) is 1. The third-order valence-electron chi connectivity index (χ3n) is 7.23. The molecule has 3 atom stereocenters. The molecule has 2 aromatic carbocycles. The molecule has 0 radical (unpaired) electrons. The highest BCUT2D eigenvalue weighted by Crippen LogP contribution is 2.54. The molecule has 0 aliphatic carbocycles. The SMILES string of the molecule is CCCC(C(=O)O)N(C)C(N)=NP(=O)(OC(OC(=O)OCCCc1ccccc1)C(C)C)OC(OC(=O)OCCCc1ccccc1)C(C)C. The van der Waals surface area contributed by atoms with Crippen LogP contribution in [0.4, 0.5) is 9.59 Å². The number of guanidine groups is 1. The van der Waals surface area contributed by atoms with Gasteiger partial charge in [0.25, 0.3) is 0 Å². The molecule has 0 saturated heterocycles. The number of rotatable bonds is 21. The van der Waals surface area contributed by atoms with Crippen molar-refractivity contribution in [1.82, 2.24) is 4.90 Å². The van der Waals surface area contributed by atoms with Gasteiger partial charge in [-0.05, 0) is 43.2 Å². The van der Waals surface area contributed by atoms with Gasteiger partial charge in [-0.1, -0.05) is 102 Å². The maximum atomic E-state index is 14.4. The highest BCUT2D eigenvalue weighted by molar-refractivity contribution is 7.52. The first kappa shape index (κ1) is 42.0. The first-order valence-corrected chi connectivity index (χ1v) is 18.3. The zero-order valence-electron chi connectivity index (χ0n) is 29.8. The van der Waals surface area contributed by atoms with Crippen molar-refractivity contribution < 1.29 is 52.1 Å². The van der Waals surface area contributed by atoms with Crippen LogP contribution < -0.4 is 5.73 Å². The Balaban J connectivity index is 2.21. The summed E-state index contributed by atoms with van der Waals surface area (Å²) in [5.74, 6) is -2.87. The third kappa shape index (κ3) is 15.6. The van der Waals surface area contributed by atoms with E-state index >= 15 is 0 Å². The van der Waals surface area contributed by atoms with E-state index in [4.69, 9.17) is 33.7 Å². The van der Waals surface area contributed by atoms with Crippen LogP contribution in [0, 0.1) is 11.8 Å². The van der Waals surface area contributed by atoms with Crippen LogP contribution in [0.25, 0.3) is 0 Å². The molecule has 2 rings (SSSR count). The number of hydrogen-bond donors (Lipinski definition) is 2. The third-order valence-corrected chi connectivity index (χ3v) is 8.63. The molecule has 0 bridgehead atoms. The molecule has 2 aromatic rings. The summed E-state index contributed by atoms with van der Waals surface area (Å²) in [7, 11) is -3.47. The highest BCUT2D eigenvalue weighted by atomic mass is 31.2. The average molecular weight is 722 g/mol. The molecule has 3 unspecified atom stereocenters. The number of benzene rings is 2. The zero-order valence-corrected chi connectivity index (χ0v) is 30.7. The van der Waals surface area contributed by atoms with E-state index in [1.54, 1.807) is 34.6 Å². The summed E-state index contributed by atoms with van der Waals surface area (Å²) >= 11 is 0. The maximum absolute atomic E-state index is 14.4. The Morgan fingerprint density at radius 3 is 1.58 bits per heavy atom. The van der Waals surface area contributed by atoms with Crippen LogP contribution in [0.1, 0.15) is 71.4 Å². The lowest BCUT2D eigenvalue weighted by Gasteiger charge is -2.30. The second-order valence-corrected chi connectivity index (χ2v) is 13.8. The average Bonchev–Trinajstić information content (AvgIpc) is 3.07. The minimum atomic E-state index is -4.83. The van der Waals surface area contributed by atoms with E-state index in [2.05, 4.69) is 4.76 Å². The second kappa shape index (κ2) is 21.8. The van der Waals surface area contributed by atoms with Crippen molar-refractivity contribution in [2.24, 2.45) is 22.3 Å². The van der Waals surface area contributed by atoms with Crippen molar-refractivity contribution in [3.8, 4) is 0 Å². The van der Waals surface area contributed by atoms with E-state index < -0.39 is 62.4 Å². The molecule has 0 saturated carbocycles. The lowest BCUT2D eigenvalue weighted by Crippen LogP contribution is -2.46. The fourth-order valence-electron chi connectivity index (χ4n) is 4.42. The molecule has 0 aromatic heterocycles. The van der Waals surface area contributed by atoms with Crippen LogP contribution in [-0.2, 0) is 50.2 Å². The molecule has 0 aliphatic rings. The standard InChI is InChI=1S/C35H52N3O11P/c1-7-16-29(30(39)40)38(6)33(36)37-50(43,48-31(25(2)3)46-34(41)44-23-14-21-27-17-10-8-11-18-27)49-32(26(4)5)47-35(42)45-24-15-22-28-19-12-9-13-20-28/h8-13,17-20,25-26,29,31-32H,7,14-16,21-24H2,1-6H3,(H,39,40)(H2,36,37,43). The van der Waals surface area contributed by atoms with Gasteiger partial charge in [-0.15, -0.1) is 4.76 Å². The molecule has 0 heterocycles. The number of nitrogens with two attached hydrogens (primary N) is 1. The normalized spacial score (nSPS) is 14.7. The van der Waals surface area contributed by atoms with Gasteiger partial charge in [-0.3, -0.25) is 0 Å². The molecule has 0 aliphatic heterocycles.